The number of methoxy groups -OCH3 is 2. The van der Waals surface area contributed by atoms with Crippen LogP contribution >= 0.6 is 0 Å². The molecular formula is C17H28N2O2. The highest BCUT2D eigenvalue weighted by Gasteiger charge is 2.10. The normalized spacial score (nSPS) is 17.0. The third kappa shape index (κ3) is 5.30. The van der Waals surface area contributed by atoms with Crippen LogP contribution in [-0.2, 0) is 16.0 Å². The molecule has 0 amide bonds. The van der Waals surface area contributed by atoms with E-state index in [-0.39, 0.29) is 6.10 Å². The summed E-state index contributed by atoms with van der Waals surface area (Å²) in [5, 5.41) is 3.42. The number of rotatable bonds is 8. The van der Waals surface area contributed by atoms with Crippen LogP contribution in [-0.4, -0.2) is 46.6 Å². The number of ether oxygens (including phenoxy) is 2. The summed E-state index contributed by atoms with van der Waals surface area (Å²) < 4.78 is 10.4. The smallest absolute Gasteiger partial charge is 0.0928 e. The summed E-state index contributed by atoms with van der Waals surface area (Å²) in [6.07, 6.45) is 4.13. The van der Waals surface area contributed by atoms with E-state index >= 15 is 0 Å². The Kier molecular flexibility index (Phi) is 7.00. The number of piperidine rings is 1. The molecule has 1 aromatic rings. The Labute approximate surface area is 128 Å². The second-order valence-corrected chi connectivity index (χ2v) is 5.66. The van der Waals surface area contributed by atoms with E-state index in [9.17, 15) is 0 Å². The molecule has 1 atom stereocenters. The van der Waals surface area contributed by atoms with Crippen LogP contribution in [0.4, 0.5) is 5.69 Å². The lowest BCUT2D eigenvalue weighted by Crippen LogP contribution is -2.31. The van der Waals surface area contributed by atoms with Gasteiger partial charge in [0, 0.05) is 46.1 Å². The van der Waals surface area contributed by atoms with E-state index in [0.29, 0.717) is 6.61 Å². The molecule has 0 aromatic heterocycles. The van der Waals surface area contributed by atoms with Gasteiger partial charge in [0.15, 0.2) is 0 Å². The SMILES string of the molecule is COCC(CNCc1ccc(N2CCCCC2)cc1)OC. The van der Waals surface area contributed by atoms with E-state index in [1.807, 2.05) is 0 Å². The van der Waals surface area contributed by atoms with Crippen molar-refractivity contribution in [3.05, 3.63) is 29.8 Å². The molecule has 1 aliphatic heterocycles. The van der Waals surface area contributed by atoms with Gasteiger partial charge < -0.3 is 19.7 Å². The lowest BCUT2D eigenvalue weighted by atomic mass is 10.1. The van der Waals surface area contributed by atoms with Crippen molar-refractivity contribution in [2.45, 2.75) is 31.9 Å². The van der Waals surface area contributed by atoms with Crippen LogP contribution in [0.1, 0.15) is 24.8 Å². The number of anilines is 1. The number of hydrogen-bond acceptors (Lipinski definition) is 4. The first-order chi connectivity index (χ1) is 10.3. The number of hydrogen-bond donors (Lipinski definition) is 1. The molecule has 1 saturated heterocycles. The van der Waals surface area contributed by atoms with Gasteiger partial charge in [0.1, 0.15) is 0 Å². The van der Waals surface area contributed by atoms with Crippen LogP contribution in [0.2, 0.25) is 0 Å². The van der Waals surface area contributed by atoms with Crippen molar-refractivity contribution in [3.8, 4) is 0 Å². The Hall–Kier alpha value is -1.10. The van der Waals surface area contributed by atoms with Crippen molar-refractivity contribution in [1.29, 1.82) is 0 Å². The van der Waals surface area contributed by atoms with Crippen LogP contribution in [0, 0.1) is 0 Å². The molecule has 2 rings (SSSR count). The Morgan fingerprint density at radius 2 is 1.81 bits per heavy atom. The second-order valence-electron chi connectivity index (χ2n) is 5.66. The Morgan fingerprint density at radius 1 is 1.10 bits per heavy atom. The van der Waals surface area contributed by atoms with Crippen molar-refractivity contribution in [1.82, 2.24) is 5.32 Å². The number of benzene rings is 1. The standard InChI is InChI=1S/C17H28N2O2/c1-20-14-17(21-2)13-18-12-15-6-8-16(9-7-15)19-10-4-3-5-11-19/h6-9,17-18H,3-5,10-14H2,1-2H3. The molecule has 1 fully saturated rings. The van der Waals surface area contributed by atoms with Crippen molar-refractivity contribution in [2.75, 3.05) is 45.4 Å². The largest absolute Gasteiger partial charge is 0.382 e. The monoisotopic (exact) mass is 292 g/mol. The third-order valence-corrected chi connectivity index (χ3v) is 4.04. The number of nitrogens with one attached hydrogen (secondary N) is 1. The minimum atomic E-state index is 0.114. The molecule has 0 saturated carbocycles. The quantitative estimate of drug-likeness (QED) is 0.798. The maximum absolute atomic E-state index is 5.33. The molecule has 0 bridgehead atoms. The summed E-state index contributed by atoms with van der Waals surface area (Å²) in [5.74, 6) is 0. The lowest BCUT2D eigenvalue weighted by molar-refractivity contribution is 0.0288. The molecule has 1 heterocycles. The first-order valence-electron chi connectivity index (χ1n) is 7.90. The highest BCUT2D eigenvalue weighted by molar-refractivity contribution is 5.47. The van der Waals surface area contributed by atoms with Gasteiger partial charge in [0.25, 0.3) is 0 Å². The van der Waals surface area contributed by atoms with Gasteiger partial charge in [-0.25, -0.2) is 0 Å². The fraction of sp³-hybridized carbons (Fsp3) is 0.647. The average Bonchev–Trinajstić information content (AvgIpc) is 2.55. The van der Waals surface area contributed by atoms with Gasteiger partial charge in [-0.05, 0) is 37.0 Å². The van der Waals surface area contributed by atoms with Gasteiger partial charge >= 0.3 is 0 Å². The minimum absolute atomic E-state index is 0.114. The molecule has 0 spiro atoms. The molecular weight excluding hydrogens is 264 g/mol. The van der Waals surface area contributed by atoms with Gasteiger partial charge in [-0.3, -0.25) is 0 Å². The van der Waals surface area contributed by atoms with Crippen LogP contribution in [0.25, 0.3) is 0 Å². The van der Waals surface area contributed by atoms with E-state index in [0.717, 1.165) is 13.1 Å². The Morgan fingerprint density at radius 3 is 2.43 bits per heavy atom. The van der Waals surface area contributed by atoms with Gasteiger partial charge in [-0.1, -0.05) is 12.1 Å². The van der Waals surface area contributed by atoms with Crippen molar-refractivity contribution >= 4 is 5.69 Å². The first kappa shape index (κ1) is 16.3. The van der Waals surface area contributed by atoms with E-state index < -0.39 is 0 Å². The first-order valence-corrected chi connectivity index (χ1v) is 7.90. The predicted octanol–water partition coefficient (Wildman–Crippen LogP) is 2.43. The van der Waals surface area contributed by atoms with Crippen molar-refractivity contribution in [3.63, 3.8) is 0 Å². The summed E-state index contributed by atoms with van der Waals surface area (Å²) in [7, 11) is 3.42. The number of nitrogens with zero attached hydrogens (tertiary/aromatic N) is 1. The second kappa shape index (κ2) is 9.03. The van der Waals surface area contributed by atoms with Gasteiger partial charge in [0.2, 0.25) is 0 Å². The predicted molar refractivity (Wildman–Crippen MR) is 86.9 cm³/mol. The van der Waals surface area contributed by atoms with Crippen molar-refractivity contribution in [2.24, 2.45) is 0 Å². The highest BCUT2D eigenvalue weighted by atomic mass is 16.5. The Balaban J connectivity index is 1.76. The summed E-state index contributed by atoms with van der Waals surface area (Å²) in [6.45, 7) is 4.69. The summed E-state index contributed by atoms with van der Waals surface area (Å²) in [5.41, 5.74) is 2.66. The van der Waals surface area contributed by atoms with Crippen LogP contribution < -0.4 is 10.2 Å². The molecule has 1 N–H and O–H groups in total. The van der Waals surface area contributed by atoms with E-state index in [1.54, 1.807) is 14.2 Å². The molecule has 0 aliphatic carbocycles. The summed E-state index contributed by atoms with van der Waals surface area (Å²) in [4.78, 5) is 2.49. The van der Waals surface area contributed by atoms with Crippen LogP contribution in [0.15, 0.2) is 24.3 Å². The molecule has 4 heteroatoms. The van der Waals surface area contributed by atoms with Crippen LogP contribution in [0.5, 0.6) is 0 Å². The highest BCUT2D eigenvalue weighted by Crippen LogP contribution is 2.20. The average molecular weight is 292 g/mol. The Bertz CT molecular complexity index is 388. The lowest BCUT2D eigenvalue weighted by Gasteiger charge is -2.28. The zero-order chi connectivity index (χ0) is 14.9. The molecule has 0 radical (unpaired) electrons. The van der Waals surface area contributed by atoms with E-state index in [4.69, 9.17) is 9.47 Å². The van der Waals surface area contributed by atoms with Gasteiger partial charge in [-0.2, -0.15) is 0 Å². The van der Waals surface area contributed by atoms with E-state index in [1.165, 1.54) is 43.6 Å². The molecule has 1 unspecified atom stereocenters. The van der Waals surface area contributed by atoms with Crippen LogP contribution in [0.3, 0.4) is 0 Å². The summed E-state index contributed by atoms with van der Waals surface area (Å²) in [6, 6.07) is 8.92. The van der Waals surface area contributed by atoms with Crippen molar-refractivity contribution < 1.29 is 9.47 Å². The minimum Gasteiger partial charge on any atom is -0.382 e. The van der Waals surface area contributed by atoms with Gasteiger partial charge in [-0.15, -0.1) is 0 Å². The fourth-order valence-corrected chi connectivity index (χ4v) is 2.75. The third-order valence-electron chi connectivity index (χ3n) is 4.04. The van der Waals surface area contributed by atoms with Gasteiger partial charge in [0.05, 0.1) is 12.7 Å². The molecule has 1 aliphatic rings. The maximum atomic E-state index is 5.33. The maximum Gasteiger partial charge on any atom is 0.0928 e. The molecule has 21 heavy (non-hydrogen) atoms. The topological polar surface area (TPSA) is 33.7 Å². The molecule has 4 nitrogen and oxygen atoms in total. The van der Waals surface area contributed by atoms with E-state index in [2.05, 4.69) is 34.5 Å². The zero-order valence-electron chi connectivity index (χ0n) is 13.3. The summed E-state index contributed by atoms with van der Waals surface area (Å²) >= 11 is 0. The molecule has 1 aromatic carbocycles. The zero-order valence-corrected chi connectivity index (χ0v) is 13.3. The fourth-order valence-electron chi connectivity index (χ4n) is 2.75. The molecule has 118 valence electrons.